The number of hydrogen-bond donors (Lipinski definition) is 1. The molecular weight excluding hydrogens is 228 g/mol. The van der Waals surface area contributed by atoms with E-state index in [0.717, 1.165) is 10.9 Å². The van der Waals surface area contributed by atoms with Gasteiger partial charge in [0, 0.05) is 5.39 Å². The molecule has 1 aromatic carbocycles. The predicted octanol–water partition coefficient (Wildman–Crippen LogP) is 2.77. The lowest BCUT2D eigenvalue weighted by Crippen LogP contribution is -2.32. The number of carbonyl (C=O) groups excluding carboxylic acids is 1. The fourth-order valence-corrected chi connectivity index (χ4v) is 1.73. The van der Waals surface area contributed by atoms with Crippen molar-refractivity contribution in [3.05, 3.63) is 35.6 Å². The summed E-state index contributed by atoms with van der Waals surface area (Å²) in [6.07, 6.45) is 0.571. The van der Waals surface area contributed by atoms with Crippen molar-refractivity contribution < 1.29 is 9.21 Å². The first-order valence-corrected chi connectivity index (χ1v) is 5.84. The Kier molecular flexibility index (Phi) is 3.33. The van der Waals surface area contributed by atoms with Crippen LogP contribution in [0.1, 0.15) is 29.5 Å². The van der Waals surface area contributed by atoms with Gasteiger partial charge in [0.25, 0.3) is 5.91 Å². The van der Waals surface area contributed by atoms with E-state index in [2.05, 4.69) is 5.32 Å². The summed E-state index contributed by atoms with van der Waals surface area (Å²) in [5.41, 5.74) is 1.79. The maximum absolute atomic E-state index is 11.9. The molecular formula is C14H14N2O2. The van der Waals surface area contributed by atoms with Gasteiger partial charge < -0.3 is 9.73 Å². The minimum Gasteiger partial charge on any atom is -0.451 e. The van der Waals surface area contributed by atoms with Crippen LogP contribution < -0.4 is 5.32 Å². The number of fused-ring (bicyclic) bond motifs is 1. The van der Waals surface area contributed by atoms with Gasteiger partial charge in [0.2, 0.25) is 0 Å². The summed E-state index contributed by atoms with van der Waals surface area (Å²) in [6.45, 7) is 3.82. The lowest BCUT2D eigenvalue weighted by Gasteiger charge is -2.06. The molecule has 0 fully saturated rings. The van der Waals surface area contributed by atoms with Gasteiger partial charge in [-0.3, -0.25) is 4.79 Å². The number of amides is 1. The molecule has 1 atom stereocenters. The zero-order valence-electron chi connectivity index (χ0n) is 10.4. The van der Waals surface area contributed by atoms with E-state index in [4.69, 9.17) is 9.68 Å². The Morgan fingerprint density at radius 3 is 2.94 bits per heavy atom. The van der Waals surface area contributed by atoms with Crippen LogP contribution in [0.2, 0.25) is 0 Å². The molecule has 0 radical (unpaired) electrons. The lowest BCUT2D eigenvalue weighted by molar-refractivity contribution is 0.0919. The highest BCUT2D eigenvalue weighted by molar-refractivity contribution is 5.96. The summed E-state index contributed by atoms with van der Waals surface area (Å²) in [4.78, 5) is 11.9. The molecule has 18 heavy (non-hydrogen) atoms. The first kappa shape index (κ1) is 12.2. The Labute approximate surface area is 105 Å². The molecule has 0 saturated heterocycles. The summed E-state index contributed by atoms with van der Waals surface area (Å²) >= 11 is 0. The molecule has 1 heterocycles. The molecule has 0 spiro atoms. The van der Waals surface area contributed by atoms with Crippen LogP contribution in [0.5, 0.6) is 0 Å². The molecule has 1 unspecified atom stereocenters. The van der Waals surface area contributed by atoms with Crippen molar-refractivity contribution in [3.8, 4) is 6.07 Å². The van der Waals surface area contributed by atoms with Crippen molar-refractivity contribution in [2.24, 2.45) is 0 Å². The molecule has 4 heteroatoms. The molecule has 0 saturated carbocycles. The van der Waals surface area contributed by atoms with E-state index >= 15 is 0 Å². The van der Waals surface area contributed by atoms with Crippen LogP contribution in [0, 0.1) is 18.3 Å². The number of benzene rings is 1. The molecule has 0 aliphatic carbocycles. The highest BCUT2D eigenvalue weighted by atomic mass is 16.3. The monoisotopic (exact) mass is 242 g/mol. The van der Waals surface area contributed by atoms with E-state index in [-0.39, 0.29) is 11.7 Å². The second-order valence-corrected chi connectivity index (χ2v) is 4.22. The quantitative estimate of drug-likeness (QED) is 0.899. The number of rotatable bonds is 3. The summed E-state index contributed by atoms with van der Waals surface area (Å²) < 4.78 is 5.45. The second kappa shape index (κ2) is 4.92. The average Bonchev–Trinajstić information content (AvgIpc) is 2.78. The maximum atomic E-state index is 11.9. The lowest BCUT2D eigenvalue weighted by atomic mass is 10.2. The normalized spacial score (nSPS) is 12.1. The molecule has 1 amide bonds. The SMILES string of the molecule is CCC(C#N)NC(=O)c1cc2cc(C)ccc2o1. The van der Waals surface area contributed by atoms with Crippen LogP contribution in [-0.2, 0) is 0 Å². The fraction of sp³-hybridized carbons (Fsp3) is 0.286. The van der Waals surface area contributed by atoms with E-state index in [1.807, 2.05) is 38.1 Å². The Morgan fingerprint density at radius 1 is 1.50 bits per heavy atom. The van der Waals surface area contributed by atoms with Crippen molar-refractivity contribution >= 4 is 16.9 Å². The molecule has 92 valence electrons. The summed E-state index contributed by atoms with van der Waals surface area (Å²) in [5, 5.41) is 12.3. The van der Waals surface area contributed by atoms with Crippen LogP contribution >= 0.6 is 0 Å². The van der Waals surface area contributed by atoms with Gasteiger partial charge in [-0.25, -0.2) is 0 Å². The van der Waals surface area contributed by atoms with Crippen molar-refractivity contribution in [2.75, 3.05) is 0 Å². The molecule has 4 nitrogen and oxygen atoms in total. The molecule has 0 bridgehead atoms. The largest absolute Gasteiger partial charge is 0.451 e. The fourth-order valence-electron chi connectivity index (χ4n) is 1.73. The Bertz CT molecular complexity index is 622. The van der Waals surface area contributed by atoms with Crippen molar-refractivity contribution in [1.82, 2.24) is 5.32 Å². The number of nitriles is 1. The van der Waals surface area contributed by atoms with Gasteiger partial charge >= 0.3 is 0 Å². The van der Waals surface area contributed by atoms with E-state index in [1.165, 1.54) is 0 Å². The predicted molar refractivity (Wildman–Crippen MR) is 68.1 cm³/mol. The van der Waals surface area contributed by atoms with E-state index in [0.29, 0.717) is 12.0 Å². The Morgan fingerprint density at radius 2 is 2.28 bits per heavy atom. The zero-order valence-corrected chi connectivity index (χ0v) is 10.4. The second-order valence-electron chi connectivity index (χ2n) is 4.22. The highest BCUT2D eigenvalue weighted by Crippen LogP contribution is 2.20. The third kappa shape index (κ3) is 2.35. The third-order valence-electron chi connectivity index (χ3n) is 2.77. The number of furan rings is 1. The number of carbonyl (C=O) groups is 1. The minimum atomic E-state index is -0.479. The van der Waals surface area contributed by atoms with Gasteiger partial charge in [-0.15, -0.1) is 0 Å². The van der Waals surface area contributed by atoms with Gasteiger partial charge in [-0.05, 0) is 31.5 Å². The first-order chi connectivity index (χ1) is 8.63. The van der Waals surface area contributed by atoms with Gasteiger partial charge in [-0.2, -0.15) is 5.26 Å². The average molecular weight is 242 g/mol. The molecule has 0 aliphatic rings. The minimum absolute atomic E-state index is 0.240. The highest BCUT2D eigenvalue weighted by Gasteiger charge is 2.15. The number of nitrogens with one attached hydrogen (secondary N) is 1. The Hall–Kier alpha value is -2.28. The molecule has 2 aromatic rings. The summed E-state index contributed by atoms with van der Waals surface area (Å²) in [7, 11) is 0. The van der Waals surface area contributed by atoms with Gasteiger partial charge in [-0.1, -0.05) is 18.6 Å². The molecule has 1 N–H and O–H groups in total. The van der Waals surface area contributed by atoms with Crippen LogP contribution in [0.3, 0.4) is 0 Å². The van der Waals surface area contributed by atoms with E-state index in [9.17, 15) is 4.79 Å². The van der Waals surface area contributed by atoms with Crippen molar-refractivity contribution in [1.29, 1.82) is 5.26 Å². The van der Waals surface area contributed by atoms with Crippen LogP contribution in [0.25, 0.3) is 11.0 Å². The smallest absolute Gasteiger partial charge is 0.288 e. The topological polar surface area (TPSA) is 66.0 Å². The van der Waals surface area contributed by atoms with Gasteiger partial charge in [0.1, 0.15) is 11.6 Å². The van der Waals surface area contributed by atoms with Gasteiger partial charge in [0.15, 0.2) is 5.76 Å². The van der Waals surface area contributed by atoms with Crippen molar-refractivity contribution in [3.63, 3.8) is 0 Å². The number of nitrogens with zero attached hydrogens (tertiary/aromatic N) is 1. The first-order valence-electron chi connectivity index (χ1n) is 5.84. The standard InChI is InChI=1S/C14H14N2O2/c1-3-11(8-15)16-14(17)13-7-10-6-9(2)4-5-12(10)18-13/h4-7,11H,3H2,1-2H3,(H,16,17). The Balaban J connectivity index is 2.26. The summed E-state index contributed by atoms with van der Waals surface area (Å²) in [5.74, 6) is -0.110. The van der Waals surface area contributed by atoms with Crippen molar-refractivity contribution in [2.45, 2.75) is 26.3 Å². The van der Waals surface area contributed by atoms with Crippen LogP contribution in [0.4, 0.5) is 0 Å². The molecule has 2 rings (SSSR count). The van der Waals surface area contributed by atoms with E-state index < -0.39 is 6.04 Å². The molecule has 0 aliphatic heterocycles. The van der Waals surface area contributed by atoms with Gasteiger partial charge in [0.05, 0.1) is 6.07 Å². The number of aryl methyl sites for hydroxylation is 1. The molecule has 1 aromatic heterocycles. The maximum Gasteiger partial charge on any atom is 0.288 e. The zero-order chi connectivity index (χ0) is 13.1. The van der Waals surface area contributed by atoms with E-state index in [1.54, 1.807) is 6.07 Å². The van der Waals surface area contributed by atoms with Crippen LogP contribution in [0.15, 0.2) is 28.7 Å². The number of hydrogen-bond acceptors (Lipinski definition) is 3. The third-order valence-corrected chi connectivity index (χ3v) is 2.77. The van der Waals surface area contributed by atoms with Crippen LogP contribution in [-0.4, -0.2) is 11.9 Å². The summed E-state index contributed by atoms with van der Waals surface area (Å²) in [6, 6.07) is 8.96.